The summed E-state index contributed by atoms with van der Waals surface area (Å²) in [5, 5.41) is 9.92. The lowest BCUT2D eigenvalue weighted by molar-refractivity contribution is 0.0218. The smallest absolute Gasteiger partial charge is 0.410 e. The minimum absolute atomic E-state index is 0.123. The number of hydrogen-bond acceptors (Lipinski definition) is 6. The highest BCUT2D eigenvalue weighted by atomic mass is 19.3. The Morgan fingerprint density at radius 2 is 2.00 bits per heavy atom. The molecule has 1 aliphatic heterocycles. The molecule has 1 saturated carbocycles. The van der Waals surface area contributed by atoms with Gasteiger partial charge in [-0.1, -0.05) is 6.07 Å². The molecule has 2 aliphatic rings. The number of amides is 1. The Balaban J connectivity index is 1.55. The van der Waals surface area contributed by atoms with E-state index < -0.39 is 17.4 Å². The van der Waals surface area contributed by atoms with Gasteiger partial charge in [-0.25, -0.2) is 23.5 Å². The van der Waals surface area contributed by atoms with Gasteiger partial charge in [-0.2, -0.15) is 5.26 Å². The van der Waals surface area contributed by atoms with Gasteiger partial charge in [0.25, 0.3) is 5.92 Å². The number of piperazine rings is 1. The van der Waals surface area contributed by atoms with Crippen LogP contribution in [0.2, 0.25) is 0 Å². The SMILES string of the molecule is C[C@H]1CN(C(=O)OC(C)(C)C)CCN1c1ncnc2c1c(C1CC1(F)F)cn2-c1cccc(C#N)c1. The van der Waals surface area contributed by atoms with E-state index in [1.807, 2.05) is 38.7 Å². The van der Waals surface area contributed by atoms with Crippen molar-refractivity contribution in [2.45, 2.75) is 57.6 Å². The largest absolute Gasteiger partial charge is 0.444 e. The van der Waals surface area contributed by atoms with Crippen molar-refractivity contribution in [1.82, 2.24) is 19.4 Å². The number of nitriles is 1. The molecule has 10 heteroatoms. The maximum Gasteiger partial charge on any atom is 0.410 e. The lowest BCUT2D eigenvalue weighted by Gasteiger charge is -2.41. The number of carbonyl (C=O) groups excluding carboxylic acids is 1. The quantitative estimate of drug-likeness (QED) is 0.517. The molecule has 1 aromatic carbocycles. The van der Waals surface area contributed by atoms with Crippen LogP contribution in [0.25, 0.3) is 16.7 Å². The van der Waals surface area contributed by atoms with Crippen LogP contribution >= 0.6 is 0 Å². The molecule has 5 rings (SSSR count). The Morgan fingerprint density at radius 1 is 1.25 bits per heavy atom. The average molecular weight is 495 g/mol. The van der Waals surface area contributed by atoms with Gasteiger partial charge < -0.3 is 19.1 Å². The highest BCUT2D eigenvalue weighted by Gasteiger charge is 2.59. The van der Waals surface area contributed by atoms with E-state index in [0.29, 0.717) is 53.3 Å². The maximum absolute atomic E-state index is 14.3. The normalized spacial score (nSPS) is 21.4. The number of anilines is 1. The average Bonchev–Trinajstić information content (AvgIpc) is 3.28. The van der Waals surface area contributed by atoms with Crippen molar-refractivity contribution in [3.63, 3.8) is 0 Å². The summed E-state index contributed by atoms with van der Waals surface area (Å²) in [6.07, 6.45) is 2.54. The summed E-state index contributed by atoms with van der Waals surface area (Å²) in [5.41, 5.74) is 1.55. The Kier molecular flexibility index (Phi) is 5.62. The molecule has 1 aliphatic carbocycles. The van der Waals surface area contributed by atoms with Crippen LogP contribution < -0.4 is 4.90 Å². The van der Waals surface area contributed by atoms with E-state index in [-0.39, 0.29) is 18.6 Å². The molecule has 0 bridgehead atoms. The summed E-state index contributed by atoms with van der Waals surface area (Å²) in [5.74, 6) is -3.12. The van der Waals surface area contributed by atoms with Crippen LogP contribution in [0, 0.1) is 11.3 Å². The van der Waals surface area contributed by atoms with E-state index in [0.717, 1.165) is 0 Å². The van der Waals surface area contributed by atoms with Crippen molar-refractivity contribution >= 4 is 22.9 Å². The van der Waals surface area contributed by atoms with Crippen LogP contribution in [0.1, 0.15) is 51.2 Å². The van der Waals surface area contributed by atoms with Crippen LogP contribution in [-0.4, -0.2) is 62.7 Å². The fourth-order valence-electron chi connectivity index (χ4n) is 4.79. The van der Waals surface area contributed by atoms with E-state index in [9.17, 15) is 18.8 Å². The van der Waals surface area contributed by atoms with Gasteiger partial charge in [0.1, 0.15) is 23.4 Å². The van der Waals surface area contributed by atoms with Crippen molar-refractivity contribution in [3.05, 3.63) is 47.9 Å². The van der Waals surface area contributed by atoms with E-state index in [1.54, 1.807) is 33.9 Å². The number of alkyl halides is 2. The summed E-state index contributed by atoms with van der Waals surface area (Å²) in [4.78, 5) is 25.3. The first-order chi connectivity index (χ1) is 17.0. The molecule has 36 heavy (non-hydrogen) atoms. The number of fused-ring (bicyclic) bond motifs is 1. The fraction of sp³-hybridized carbons (Fsp3) is 0.462. The number of aromatic nitrogens is 3. The summed E-state index contributed by atoms with van der Waals surface area (Å²) < 4.78 is 35.9. The lowest BCUT2D eigenvalue weighted by atomic mass is 10.1. The van der Waals surface area contributed by atoms with Gasteiger partial charge in [0.15, 0.2) is 0 Å². The molecule has 8 nitrogen and oxygen atoms in total. The Morgan fingerprint density at radius 3 is 2.64 bits per heavy atom. The predicted molar refractivity (Wildman–Crippen MR) is 130 cm³/mol. The van der Waals surface area contributed by atoms with Crippen molar-refractivity contribution in [1.29, 1.82) is 5.26 Å². The minimum atomic E-state index is -2.78. The van der Waals surface area contributed by atoms with Crippen molar-refractivity contribution < 1.29 is 18.3 Å². The van der Waals surface area contributed by atoms with E-state index in [1.165, 1.54) is 6.33 Å². The molecule has 0 spiro atoms. The monoisotopic (exact) mass is 494 g/mol. The number of carbonyl (C=O) groups is 1. The maximum atomic E-state index is 14.3. The van der Waals surface area contributed by atoms with Gasteiger partial charge in [0.2, 0.25) is 0 Å². The summed E-state index contributed by atoms with van der Waals surface area (Å²) >= 11 is 0. The number of benzene rings is 1. The third-order valence-electron chi connectivity index (χ3n) is 6.60. The lowest BCUT2D eigenvalue weighted by Crippen LogP contribution is -2.54. The highest BCUT2D eigenvalue weighted by molar-refractivity contribution is 5.93. The molecule has 0 radical (unpaired) electrons. The third kappa shape index (κ3) is 4.34. The Labute approximate surface area is 208 Å². The summed E-state index contributed by atoms with van der Waals surface area (Å²) in [6, 6.07) is 8.97. The van der Waals surface area contributed by atoms with E-state index in [2.05, 4.69) is 16.0 Å². The van der Waals surface area contributed by atoms with Gasteiger partial charge in [-0.3, -0.25) is 0 Å². The second kappa shape index (κ2) is 8.43. The first kappa shape index (κ1) is 24.0. The molecular weight excluding hydrogens is 466 g/mol. The van der Waals surface area contributed by atoms with Crippen molar-refractivity contribution in [2.24, 2.45) is 0 Å². The number of rotatable bonds is 3. The number of halogens is 2. The topological polar surface area (TPSA) is 87.3 Å². The first-order valence-corrected chi connectivity index (χ1v) is 12.0. The zero-order valence-electron chi connectivity index (χ0n) is 20.7. The zero-order valence-corrected chi connectivity index (χ0v) is 20.7. The number of hydrogen-bond donors (Lipinski definition) is 0. The van der Waals surface area contributed by atoms with Crippen LogP contribution in [0.3, 0.4) is 0 Å². The van der Waals surface area contributed by atoms with E-state index >= 15 is 0 Å². The fourth-order valence-corrected chi connectivity index (χ4v) is 4.79. The standard InChI is InChI=1S/C26H28F2N6O2/c1-16-13-32(24(35)36-25(2,3)4)8-9-33(16)22-21-19(20-11-26(20,27)28)14-34(23(21)31-15-30-22)18-7-5-6-17(10-18)12-29/h5-7,10,14-16,20H,8-9,11,13H2,1-4H3/t16-,20?/m0/s1. The van der Waals surface area contributed by atoms with Crippen LogP contribution in [0.4, 0.5) is 19.4 Å². The predicted octanol–water partition coefficient (Wildman–Crippen LogP) is 4.86. The van der Waals surface area contributed by atoms with Crippen molar-refractivity contribution in [2.75, 3.05) is 24.5 Å². The van der Waals surface area contributed by atoms with Crippen LogP contribution in [-0.2, 0) is 4.74 Å². The molecule has 3 heterocycles. The molecule has 3 aromatic rings. The highest BCUT2D eigenvalue weighted by Crippen LogP contribution is 2.58. The first-order valence-electron chi connectivity index (χ1n) is 12.0. The van der Waals surface area contributed by atoms with Crippen molar-refractivity contribution in [3.8, 4) is 11.8 Å². The molecular formula is C26H28F2N6O2. The van der Waals surface area contributed by atoms with Gasteiger partial charge in [-0.15, -0.1) is 0 Å². The third-order valence-corrected chi connectivity index (χ3v) is 6.60. The van der Waals surface area contributed by atoms with E-state index in [4.69, 9.17) is 4.74 Å². The number of nitrogens with zero attached hydrogens (tertiary/aromatic N) is 6. The van der Waals surface area contributed by atoms with Crippen LogP contribution in [0.15, 0.2) is 36.8 Å². The molecule has 188 valence electrons. The molecule has 2 fully saturated rings. The molecule has 2 atom stereocenters. The molecule has 1 saturated heterocycles. The Bertz CT molecular complexity index is 1370. The number of ether oxygens (including phenoxy) is 1. The second-order valence-electron chi connectivity index (χ2n) is 10.5. The minimum Gasteiger partial charge on any atom is -0.444 e. The van der Waals surface area contributed by atoms with Gasteiger partial charge in [0, 0.05) is 44.0 Å². The Hall–Kier alpha value is -3.74. The summed E-state index contributed by atoms with van der Waals surface area (Å²) in [7, 11) is 0. The second-order valence-corrected chi connectivity index (χ2v) is 10.5. The van der Waals surface area contributed by atoms with Crippen LogP contribution in [0.5, 0.6) is 0 Å². The van der Waals surface area contributed by atoms with Gasteiger partial charge in [0.05, 0.1) is 22.9 Å². The van der Waals surface area contributed by atoms with Gasteiger partial charge >= 0.3 is 6.09 Å². The molecule has 0 N–H and O–H groups in total. The van der Waals surface area contributed by atoms with Gasteiger partial charge in [-0.05, 0) is 51.5 Å². The zero-order chi connectivity index (χ0) is 25.8. The molecule has 1 unspecified atom stereocenters. The summed E-state index contributed by atoms with van der Waals surface area (Å²) in [6.45, 7) is 8.77. The molecule has 2 aromatic heterocycles. The molecule has 1 amide bonds.